The largest absolute Gasteiger partial charge is 0.507 e. The van der Waals surface area contributed by atoms with E-state index in [1.165, 1.54) is 25.3 Å². The van der Waals surface area contributed by atoms with E-state index < -0.39 is 27.6 Å². The van der Waals surface area contributed by atoms with Crippen LogP contribution in [0.5, 0.6) is 5.75 Å². The number of sulfonamides is 1. The van der Waals surface area contributed by atoms with Crippen molar-refractivity contribution in [2.24, 2.45) is 0 Å². The second kappa shape index (κ2) is 8.62. The van der Waals surface area contributed by atoms with Crippen LogP contribution in [-0.4, -0.2) is 38.2 Å². The van der Waals surface area contributed by atoms with E-state index in [9.17, 15) is 23.1 Å². The minimum Gasteiger partial charge on any atom is -0.507 e. The summed E-state index contributed by atoms with van der Waals surface area (Å²) in [7, 11) is -2.70. The number of hydrogen-bond acceptors (Lipinski definition) is 7. The molecule has 0 atom stereocenters. The number of methoxy groups -OCH3 is 1. The summed E-state index contributed by atoms with van der Waals surface area (Å²) in [6, 6.07) is 9.61. The van der Waals surface area contributed by atoms with Crippen molar-refractivity contribution in [2.45, 2.75) is 37.8 Å². The zero-order chi connectivity index (χ0) is 21.8. The van der Waals surface area contributed by atoms with E-state index in [0.717, 1.165) is 12.1 Å². The molecule has 2 N–H and O–H groups in total. The Kier molecular flexibility index (Phi) is 6.66. The van der Waals surface area contributed by atoms with Crippen molar-refractivity contribution in [1.82, 2.24) is 4.72 Å². The van der Waals surface area contributed by atoms with Crippen LogP contribution in [0, 0.1) is 0 Å². The predicted molar refractivity (Wildman–Crippen MR) is 105 cm³/mol. The molecule has 2 aromatic carbocycles. The van der Waals surface area contributed by atoms with Crippen LogP contribution >= 0.6 is 0 Å². The number of benzene rings is 2. The standard InChI is InChI=1S/C20H23NO7S/c1-20(2,3)28-19(24)16-11-15(9-10-17(16)22)29(25,26)21-12-13-5-7-14(8-6-13)18(23)27-4/h5-11,21-22H,12H2,1-4H3. The molecule has 0 amide bonds. The second-order valence-electron chi connectivity index (χ2n) is 7.19. The predicted octanol–water partition coefficient (Wildman–Crippen LogP) is 2.61. The molecule has 8 nitrogen and oxygen atoms in total. The zero-order valence-electron chi connectivity index (χ0n) is 16.6. The van der Waals surface area contributed by atoms with Crippen LogP contribution in [0.15, 0.2) is 47.4 Å². The molecule has 2 aromatic rings. The molecule has 29 heavy (non-hydrogen) atoms. The van der Waals surface area contributed by atoms with Gasteiger partial charge in [0.25, 0.3) is 0 Å². The minimum absolute atomic E-state index is 0.0353. The Morgan fingerprint density at radius 1 is 1.03 bits per heavy atom. The summed E-state index contributed by atoms with van der Waals surface area (Å²) in [4.78, 5) is 23.5. The Labute approximate surface area is 169 Å². The van der Waals surface area contributed by atoms with E-state index in [0.29, 0.717) is 11.1 Å². The fraction of sp³-hybridized carbons (Fsp3) is 0.300. The Morgan fingerprint density at radius 3 is 2.21 bits per heavy atom. The maximum Gasteiger partial charge on any atom is 0.342 e. The van der Waals surface area contributed by atoms with Gasteiger partial charge in [0.05, 0.1) is 17.6 Å². The lowest BCUT2D eigenvalue weighted by Gasteiger charge is -2.20. The molecule has 0 bridgehead atoms. The average molecular weight is 421 g/mol. The maximum absolute atomic E-state index is 12.6. The summed E-state index contributed by atoms with van der Waals surface area (Å²) < 4.78 is 37.4. The SMILES string of the molecule is COC(=O)c1ccc(CNS(=O)(=O)c2ccc(O)c(C(=O)OC(C)(C)C)c2)cc1. The van der Waals surface area contributed by atoms with Gasteiger partial charge < -0.3 is 14.6 Å². The molecule has 0 saturated heterocycles. The minimum atomic E-state index is -3.97. The molecule has 0 aliphatic rings. The molecule has 0 fully saturated rings. The summed E-state index contributed by atoms with van der Waals surface area (Å²) in [5.74, 6) is -1.70. The van der Waals surface area contributed by atoms with Gasteiger partial charge in [-0.15, -0.1) is 0 Å². The summed E-state index contributed by atoms with van der Waals surface area (Å²) in [6.07, 6.45) is 0. The van der Waals surface area contributed by atoms with Gasteiger partial charge in [-0.3, -0.25) is 0 Å². The molecule has 0 spiro atoms. The topological polar surface area (TPSA) is 119 Å². The first kappa shape index (κ1) is 22.4. The Morgan fingerprint density at radius 2 is 1.66 bits per heavy atom. The van der Waals surface area contributed by atoms with E-state index in [2.05, 4.69) is 9.46 Å². The van der Waals surface area contributed by atoms with Crippen LogP contribution in [0.1, 0.15) is 47.1 Å². The number of rotatable bonds is 6. The van der Waals surface area contributed by atoms with Gasteiger partial charge in [-0.25, -0.2) is 22.7 Å². The van der Waals surface area contributed by atoms with Crippen molar-refractivity contribution < 1.29 is 32.6 Å². The molecule has 0 aliphatic carbocycles. The molecule has 0 aliphatic heterocycles. The van der Waals surface area contributed by atoms with Crippen LogP contribution in [0.2, 0.25) is 0 Å². The quantitative estimate of drug-likeness (QED) is 0.688. The maximum atomic E-state index is 12.6. The van der Waals surface area contributed by atoms with Crippen molar-refractivity contribution in [3.05, 3.63) is 59.2 Å². The fourth-order valence-electron chi connectivity index (χ4n) is 2.32. The molecule has 0 aromatic heterocycles. The van der Waals surface area contributed by atoms with E-state index >= 15 is 0 Å². The lowest BCUT2D eigenvalue weighted by atomic mass is 10.1. The molecule has 0 heterocycles. The van der Waals surface area contributed by atoms with Crippen LogP contribution in [0.3, 0.4) is 0 Å². The van der Waals surface area contributed by atoms with E-state index in [-0.39, 0.29) is 22.8 Å². The molecule has 0 radical (unpaired) electrons. The number of aromatic hydroxyl groups is 1. The van der Waals surface area contributed by atoms with Gasteiger partial charge in [-0.1, -0.05) is 12.1 Å². The van der Waals surface area contributed by atoms with Crippen molar-refractivity contribution in [2.75, 3.05) is 7.11 Å². The number of phenols is 1. The Hall–Kier alpha value is -2.91. The van der Waals surface area contributed by atoms with Gasteiger partial charge >= 0.3 is 11.9 Å². The number of carbonyl (C=O) groups is 2. The van der Waals surface area contributed by atoms with Gasteiger partial charge in [-0.2, -0.15) is 0 Å². The highest BCUT2D eigenvalue weighted by Crippen LogP contribution is 2.24. The lowest BCUT2D eigenvalue weighted by molar-refractivity contribution is 0.00663. The Balaban J connectivity index is 2.17. The van der Waals surface area contributed by atoms with Gasteiger partial charge in [0.2, 0.25) is 10.0 Å². The summed E-state index contributed by atoms with van der Waals surface area (Å²) in [5.41, 5.74) is -0.0789. The molecular formula is C20H23NO7S. The number of esters is 2. The van der Waals surface area contributed by atoms with Crippen LogP contribution in [-0.2, 0) is 26.0 Å². The highest BCUT2D eigenvalue weighted by Gasteiger charge is 2.23. The van der Waals surface area contributed by atoms with Gasteiger partial charge in [0.1, 0.15) is 16.9 Å². The third kappa shape index (κ3) is 6.03. The van der Waals surface area contributed by atoms with Crippen molar-refractivity contribution in [3.63, 3.8) is 0 Å². The number of carbonyl (C=O) groups excluding carboxylic acids is 2. The van der Waals surface area contributed by atoms with E-state index in [1.54, 1.807) is 32.9 Å². The van der Waals surface area contributed by atoms with E-state index in [1.807, 2.05) is 0 Å². The van der Waals surface area contributed by atoms with Crippen LogP contribution in [0.25, 0.3) is 0 Å². The normalized spacial score (nSPS) is 11.7. The first-order valence-electron chi connectivity index (χ1n) is 8.66. The molecule has 0 saturated carbocycles. The van der Waals surface area contributed by atoms with Gasteiger partial charge in [0.15, 0.2) is 0 Å². The molecule has 9 heteroatoms. The summed E-state index contributed by atoms with van der Waals surface area (Å²) >= 11 is 0. The van der Waals surface area contributed by atoms with Crippen LogP contribution in [0.4, 0.5) is 0 Å². The first-order valence-corrected chi connectivity index (χ1v) is 10.1. The summed E-state index contributed by atoms with van der Waals surface area (Å²) in [5, 5.41) is 9.91. The molecule has 2 rings (SSSR count). The third-order valence-electron chi connectivity index (χ3n) is 3.74. The summed E-state index contributed by atoms with van der Waals surface area (Å²) in [6.45, 7) is 4.95. The van der Waals surface area contributed by atoms with E-state index in [4.69, 9.17) is 4.74 Å². The third-order valence-corrected chi connectivity index (χ3v) is 5.14. The molecular weight excluding hydrogens is 398 g/mol. The first-order chi connectivity index (χ1) is 13.4. The van der Waals surface area contributed by atoms with Crippen molar-refractivity contribution in [3.8, 4) is 5.75 Å². The number of hydrogen-bond donors (Lipinski definition) is 2. The molecule has 156 valence electrons. The van der Waals surface area contributed by atoms with Gasteiger partial charge in [-0.05, 0) is 56.7 Å². The molecule has 0 unspecified atom stereocenters. The van der Waals surface area contributed by atoms with Crippen molar-refractivity contribution in [1.29, 1.82) is 0 Å². The number of ether oxygens (including phenoxy) is 2. The van der Waals surface area contributed by atoms with Gasteiger partial charge in [0, 0.05) is 6.54 Å². The van der Waals surface area contributed by atoms with Crippen LogP contribution < -0.4 is 4.72 Å². The second-order valence-corrected chi connectivity index (χ2v) is 8.96. The number of nitrogens with one attached hydrogen (secondary N) is 1. The lowest BCUT2D eigenvalue weighted by Crippen LogP contribution is -2.25. The van der Waals surface area contributed by atoms with Crippen molar-refractivity contribution >= 4 is 22.0 Å². The monoisotopic (exact) mass is 421 g/mol. The number of phenolic OH excluding ortho intramolecular Hbond substituents is 1. The highest BCUT2D eigenvalue weighted by atomic mass is 32.2. The highest BCUT2D eigenvalue weighted by molar-refractivity contribution is 7.89. The smallest absolute Gasteiger partial charge is 0.342 e. The average Bonchev–Trinajstić information content (AvgIpc) is 2.65. The fourth-order valence-corrected chi connectivity index (χ4v) is 3.36. The Bertz CT molecular complexity index is 1010. The zero-order valence-corrected chi connectivity index (χ0v) is 17.4.